The van der Waals surface area contributed by atoms with Crippen LogP contribution in [0.4, 0.5) is 0 Å². The number of nitrogens with one attached hydrogen (secondary N) is 1. The molecule has 0 saturated carbocycles. The van der Waals surface area contributed by atoms with Crippen molar-refractivity contribution >= 4 is 18.2 Å². The Morgan fingerprint density at radius 1 is 1.08 bits per heavy atom. The molecule has 0 spiro atoms. The molecular weight excluding hydrogens is 304 g/mol. The summed E-state index contributed by atoms with van der Waals surface area (Å²) in [7, 11) is 3.16. The van der Waals surface area contributed by atoms with Crippen LogP contribution in [0.15, 0.2) is 53.6 Å². The van der Waals surface area contributed by atoms with E-state index in [0.717, 1.165) is 5.56 Å². The van der Waals surface area contributed by atoms with Gasteiger partial charge in [-0.1, -0.05) is 29.8 Å². The van der Waals surface area contributed by atoms with E-state index in [1.807, 2.05) is 31.2 Å². The van der Waals surface area contributed by atoms with Crippen LogP contribution in [0.1, 0.15) is 16.7 Å². The number of nitrogens with zero attached hydrogens (tertiary/aromatic N) is 1. The Kier molecular flexibility index (Phi) is 6.14. The van der Waals surface area contributed by atoms with Gasteiger partial charge >= 0.3 is 0 Å². The van der Waals surface area contributed by atoms with Crippen molar-refractivity contribution in [3.05, 3.63) is 65.2 Å². The van der Waals surface area contributed by atoms with Crippen molar-refractivity contribution in [3.63, 3.8) is 0 Å². The van der Waals surface area contributed by atoms with Crippen LogP contribution in [0.25, 0.3) is 6.08 Å². The molecule has 0 unspecified atom stereocenters. The summed E-state index contributed by atoms with van der Waals surface area (Å²) in [6, 6.07) is 13.2. The number of hydrogen-bond acceptors (Lipinski definition) is 4. The average molecular weight is 324 g/mol. The molecular formula is C19H20N2O3. The average Bonchev–Trinajstić information content (AvgIpc) is 2.61. The van der Waals surface area contributed by atoms with E-state index in [9.17, 15) is 4.79 Å². The molecule has 0 atom stereocenters. The van der Waals surface area contributed by atoms with E-state index in [1.54, 1.807) is 38.5 Å². The van der Waals surface area contributed by atoms with Crippen molar-refractivity contribution < 1.29 is 14.3 Å². The first kappa shape index (κ1) is 17.3. The Morgan fingerprint density at radius 3 is 2.50 bits per heavy atom. The fourth-order valence-electron chi connectivity index (χ4n) is 1.99. The van der Waals surface area contributed by atoms with Crippen LogP contribution in [0.2, 0.25) is 0 Å². The lowest BCUT2D eigenvalue weighted by molar-refractivity contribution is -0.116. The minimum absolute atomic E-state index is 0.311. The fraction of sp³-hybridized carbons (Fsp3) is 0.158. The lowest BCUT2D eigenvalue weighted by Crippen LogP contribution is -2.14. The monoisotopic (exact) mass is 324 g/mol. The summed E-state index contributed by atoms with van der Waals surface area (Å²) in [6.45, 7) is 2.02. The molecule has 0 heterocycles. The van der Waals surface area contributed by atoms with Gasteiger partial charge in [-0.3, -0.25) is 4.79 Å². The number of ether oxygens (including phenoxy) is 2. The molecule has 124 valence electrons. The quantitative estimate of drug-likeness (QED) is 0.504. The lowest BCUT2D eigenvalue weighted by atomic mass is 10.1. The minimum atomic E-state index is -0.311. The van der Waals surface area contributed by atoms with Crippen molar-refractivity contribution in [1.29, 1.82) is 0 Å². The SMILES string of the molecule is COc1ccc(OC)c(/C=N/NC(=O)/C=C/c2ccc(C)cc2)c1. The summed E-state index contributed by atoms with van der Waals surface area (Å²) in [4.78, 5) is 11.8. The van der Waals surface area contributed by atoms with E-state index in [1.165, 1.54) is 17.9 Å². The zero-order chi connectivity index (χ0) is 17.4. The molecule has 0 saturated heterocycles. The Bertz CT molecular complexity index is 750. The van der Waals surface area contributed by atoms with Gasteiger partial charge in [-0.15, -0.1) is 0 Å². The Morgan fingerprint density at radius 2 is 1.83 bits per heavy atom. The Labute approximate surface area is 141 Å². The molecule has 0 aliphatic carbocycles. The van der Waals surface area contributed by atoms with Crippen LogP contribution in [0.3, 0.4) is 0 Å². The number of rotatable bonds is 6. The molecule has 0 aliphatic heterocycles. The molecule has 0 radical (unpaired) electrons. The maximum absolute atomic E-state index is 11.8. The van der Waals surface area contributed by atoms with E-state index in [0.29, 0.717) is 17.1 Å². The molecule has 2 aromatic carbocycles. The normalized spacial score (nSPS) is 11.0. The zero-order valence-corrected chi connectivity index (χ0v) is 13.9. The maximum Gasteiger partial charge on any atom is 0.264 e. The second-order valence-electron chi connectivity index (χ2n) is 5.09. The fourth-order valence-corrected chi connectivity index (χ4v) is 1.99. The number of hydrazone groups is 1. The van der Waals surface area contributed by atoms with Crippen molar-refractivity contribution in [2.75, 3.05) is 14.2 Å². The second-order valence-corrected chi connectivity index (χ2v) is 5.09. The van der Waals surface area contributed by atoms with Gasteiger partial charge in [0.15, 0.2) is 0 Å². The van der Waals surface area contributed by atoms with Gasteiger partial charge in [-0.2, -0.15) is 5.10 Å². The van der Waals surface area contributed by atoms with Crippen LogP contribution in [0, 0.1) is 6.92 Å². The Hall–Kier alpha value is -3.08. The largest absolute Gasteiger partial charge is 0.497 e. The highest BCUT2D eigenvalue weighted by molar-refractivity contribution is 5.93. The molecule has 0 aromatic heterocycles. The van der Waals surface area contributed by atoms with E-state index in [2.05, 4.69) is 10.5 Å². The number of methoxy groups -OCH3 is 2. The lowest BCUT2D eigenvalue weighted by Gasteiger charge is -2.06. The van der Waals surface area contributed by atoms with Crippen molar-refractivity contribution in [3.8, 4) is 11.5 Å². The summed E-state index contributed by atoms with van der Waals surface area (Å²) < 4.78 is 10.4. The number of aryl methyl sites for hydroxylation is 1. The first-order valence-corrected chi connectivity index (χ1v) is 7.42. The molecule has 0 fully saturated rings. The number of amides is 1. The maximum atomic E-state index is 11.8. The number of benzene rings is 2. The molecule has 1 N–H and O–H groups in total. The topological polar surface area (TPSA) is 59.9 Å². The predicted molar refractivity (Wildman–Crippen MR) is 95.5 cm³/mol. The third-order valence-electron chi connectivity index (χ3n) is 3.32. The molecule has 1 amide bonds. The van der Waals surface area contributed by atoms with Crippen molar-refractivity contribution in [1.82, 2.24) is 5.43 Å². The predicted octanol–water partition coefficient (Wildman–Crippen LogP) is 3.18. The van der Waals surface area contributed by atoms with Crippen LogP contribution in [-0.2, 0) is 4.79 Å². The van der Waals surface area contributed by atoms with E-state index >= 15 is 0 Å². The highest BCUT2D eigenvalue weighted by atomic mass is 16.5. The summed E-state index contributed by atoms with van der Waals surface area (Å²) >= 11 is 0. The summed E-state index contributed by atoms with van der Waals surface area (Å²) in [5.74, 6) is 1.01. The van der Waals surface area contributed by atoms with Gasteiger partial charge in [0, 0.05) is 11.6 Å². The zero-order valence-electron chi connectivity index (χ0n) is 13.9. The smallest absolute Gasteiger partial charge is 0.264 e. The summed E-state index contributed by atoms with van der Waals surface area (Å²) in [5.41, 5.74) is 5.28. The molecule has 5 nitrogen and oxygen atoms in total. The number of carbonyl (C=O) groups is 1. The molecule has 0 bridgehead atoms. The van der Waals surface area contributed by atoms with Gasteiger partial charge in [-0.25, -0.2) is 5.43 Å². The molecule has 24 heavy (non-hydrogen) atoms. The van der Waals surface area contributed by atoms with E-state index in [-0.39, 0.29) is 5.91 Å². The summed E-state index contributed by atoms with van der Waals surface area (Å²) in [5, 5.41) is 3.94. The highest BCUT2D eigenvalue weighted by Crippen LogP contribution is 2.22. The van der Waals surface area contributed by atoms with Crippen LogP contribution in [-0.4, -0.2) is 26.3 Å². The standard InChI is InChI=1S/C19H20N2O3/c1-14-4-6-15(7-5-14)8-11-19(22)21-20-13-16-12-17(23-2)9-10-18(16)24-3/h4-13H,1-3H3,(H,21,22)/b11-8+,20-13+. The second kappa shape index (κ2) is 8.53. The van der Waals surface area contributed by atoms with Gasteiger partial charge in [0.25, 0.3) is 5.91 Å². The third kappa shape index (κ3) is 4.98. The molecule has 2 rings (SSSR count). The third-order valence-corrected chi connectivity index (χ3v) is 3.32. The van der Waals surface area contributed by atoms with Crippen molar-refractivity contribution in [2.24, 2.45) is 5.10 Å². The first-order valence-electron chi connectivity index (χ1n) is 7.42. The van der Waals surface area contributed by atoms with Crippen LogP contribution < -0.4 is 14.9 Å². The highest BCUT2D eigenvalue weighted by Gasteiger charge is 2.02. The summed E-state index contributed by atoms with van der Waals surface area (Å²) in [6.07, 6.45) is 4.68. The molecule has 2 aromatic rings. The minimum Gasteiger partial charge on any atom is -0.497 e. The van der Waals surface area contributed by atoms with E-state index in [4.69, 9.17) is 9.47 Å². The molecule has 0 aliphatic rings. The number of hydrogen-bond donors (Lipinski definition) is 1. The van der Waals surface area contributed by atoms with Gasteiger partial charge < -0.3 is 9.47 Å². The van der Waals surface area contributed by atoms with Crippen LogP contribution in [0.5, 0.6) is 11.5 Å². The van der Waals surface area contributed by atoms with Crippen LogP contribution >= 0.6 is 0 Å². The van der Waals surface area contributed by atoms with Gasteiger partial charge in [0.2, 0.25) is 0 Å². The first-order chi connectivity index (χ1) is 11.6. The van der Waals surface area contributed by atoms with Gasteiger partial charge in [0.05, 0.1) is 20.4 Å². The van der Waals surface area contributed by atoms with Crippen molar-refractivity contribution in [2.45, 2.75) is 6.92 Å². The van der Waals surface area contributed by atoms with Gasteiger partial charge in [0.1, 0.15) is 11.5 Å². The number of carbonyl (C=O) groups excluding carboxylic acids is 1. The van der Waals surface area contributed by atoms with E-state index < -0.39 is 0 Å². The molecule has 5 heteroatoms. The van der Waals surface area contributed by atoms with Gasteiger partial charge in [-0.05, 0) is 36.8 Å². The Balaban J connectivity index is 1.98.